The molecule has 0 aliphatic carbocycles. The van der Waals surface area contributed by atoms with Crippen LogP contribution in [0.1, 0.15) is 176 Å². The van der Waals surface area contributed by atoms with Crippen molar-refractivity contribution in [1.29, 1.82) is 0 Å². The molecule has 9 nitrogen and oxygen atoms in total. The van der Waals surface area contributed by atoms with Crippen LogP contribution in [-0.2, 0) is 6.42 Å². The minimum atomic E-state index is -1.07. The van der Waals surface area contributed by atoms with Gasteiger partial charge in [0.05, 0.1) is 28.9 Å². The van der Waals surface area contributed by atoms with Crippen LogP contribution in [0.2, 0.25) is 0 Å². The second-order valence-corrected chi connectivity index (χ2v) is 16.8. The monoisotopic (exact) mass is 918 g/mol. The standard InChI is InChI=1S/C56H64F2O9/c1-3-5-7-9-11-13-14-15-17-19-22-41-25-27-42(28-26-41)53(59)64-44-31-29-43(30-32-44)54(60)65-46-23-21-24-47(38-46)66-55(61)50-36-34-48(40-52(50)58)67-56(62)49-35-33-45(39-51(49)57)63-37-20-18-16-12-10-8-6-4-2/h21,23-36,38-40H,3-20,22,37H2,1-2H3. The molecule has 0 bridgehead atoms. The van der Waals surface area contributed by atoms with E-state index in [2.05, 4.69) is 13.8 Å². The number of unbranched alkanes of at least 4 members (excludes halogenated alkanes) is 16. The zero-order valence-corrected chi connectivity index (χ0v) is 39.0. The Morgan fingerprint density at radius 1 is 0.388 bits per heavy atom. The zero-order chi connectivity index (χ0) is 47.6. The summed E-state index contributed by atoms with van der Waals surface area (Å²) in [4.78, 5) is 51.5. The number of carbonyl (C=O) groups excluding carboxylic acids is 4. The molecule has 356 valence electrons. The van der Waals surface area contributed by atoms with E-state index >= 15 is 4.39 Å². The van der Waals surface area contributed by atoms with Crippen molar-refractivity contribution in [3.63, 3.8) is 0 Å². The number of esters is 4. The highest BCUT2D eigenvalue weighted by Gasteiger charge is 2.20. The molecule has 0 saturated carbocycles. The summed E-state index contributed by atoms with van der Waals surface area (Å²) in [5.74, 6) is -5.00. The Labute approximate surface area is 394 Å². The molecule has 67 heavy (non-hydrogen) atoms. The van der Waals surface area contributed by atoms with Crippen LogP contribution in [-0.4, -0.2) is 30.5 Å². The quantitative estimate of drug-likeness (QED) is 0.0263. The Balaban J connectivity index is 1.03. The molecule has 11 heteroatoms. The third-order valence-electron chi connectivity index (χ3n) is 11.3. The van der Waals surface area contributed by atoms with Crippen molar-refractivity contribution in [1.82, 2.24) is 0 Å². The molecule has 0 aliphatic rings. The van der Waals surface area contributed by atoms with E-state index < -0.39 is 41.1 Å². The third-order valence-corrected chi connectivity index (χ3v) is 11.3. The summed E-state index contributed by atoms with van der Waals surface area (Å²) < 4.78 is 57.1. The fourth-order valence-electron chi connectivity index (χ4n) is 7.44. The van der Waals surface area contributed by atoms with Crippen molar-refractivity contribution in [3.8, 4) is 28.7 Å². The minimum absolute atomic E-state index is 0.0417. The molecule has 0 heterocycles. The predicted octanol–water partition coefficient (Wildman–Crippen LogP) is 14.8. The minimum Gasteiger partial charge on any atom is -0.493 e. The van der Waals surface area contributed by atoms with Gasteiger partial charge in [-0.2, -0.15) is 0 Å². The lowest BCUT2D eigenvalue weighted by atomic mass is 10.0. The van der Waals surface area contributed by atoms with Gasteiger partial charge in [-0.25, -0.2) is 28.0 Å². The maximum absolute atomic E-state index is 15.1. The first-order chi connectivity index (χ1) is 32.6. The zero-order valence-electron chi connectivity index (χ0n) is 39.0. The van der Waals surface area contributed by atoms with E-state index in [1.54, 1.807) is 12.1 Å². The van der Waals surface area contributed by atoms with E-state index in [9.17, 15) is 23.6 Å². The van der Waals surface area contributed by atoms with E-state index in [1.165, 1.54) is 162 Å². The maximum atomic E-state index is 15.1. The normalized spacial score (nSPS) is 10.9. The summed E-state index contributed by atoms with van der Waals surface area (Å²) in [6.45, 7) is 4.86. The Morgan fingerprint density at radius 3 is 1.28 bits per heavy atom. The number of hydrogen-bond acceptors (Lipinski definition) is 9. The third kappa shape index (κ3) is 18.1. The molecule has 0 spiro atoms. The van der Waals surface area contributed by atoms with Crippen molar-refractivity contribution < 1.29 is 51.6 Å². The molecule has 5 rings (SSSR count). The Bertz CT molecular complexity index is 2320. The maximum Gasteiger partial charge on any atom is 0.346 e. The summed E-state index contributed by atoms with van der Waals surface area (Å²) in [6, 6.07) is 25.8. The van der Waals surface area contributed by atoms with E-state index in [-0.39, 0.29) is 39.9 Å². The summed E-state index contributed by atoms with van der Waals surface area (Å²) >= 11 is 0. The van der Waals surface area contributed by atoms with Crippen molar-refractivity contribution in [2.75, 3.05) is 6.61 Å². The second-order valence-electron chi connectivity index (χ2n) is 16.8. The van der Waals surface area contributed by atoms with Crippen LogP contribution < -0.4 is 23.7 Å². The van der Waals surface area contributed by atoms with Crippen LogP contribution in [0.15, 0.2) is 109 Å². The first-order valence-electron chi connectivity index (χ1n) is 24.0. The van der Waals surface area contributed by atoms with Crippen molar-refractivity contribution in [3.05, 3.63) is 149 Å². The van der Waals surface area contributed by atoms with Crippen LogP contribution in [0.3, 0.4) is 0 Å². The van der Waals surface area contributed by atoms with Crippen molar-refractivity contribution in [2.24, 2.45) is 0 Å². The van der Waals surface area contributed by atoms with E-state index in [0.29, 0.717) is 12.2 Å². The molecule has 0 saturated heterocycles. The average molecular weight is 919 g/mol. The Hall–Kier alpha value is -6.36. The number of rotatable bonds is 29. The Kier molecular flexibility index (Phi) is 22.1. The lowest BCUT2D eigenvalue weighted by Gasteiger charge is -2.10. The molecule has 0 unspecified atom stereocenters. The molecule has 0 atom stereocenters. The number of benzene rings is 5. The molecule has 0 N–H and O–H groups in total. The van der Waals surface area contributed by atoms with Crippen molar-refractivity contribution >= 4 is 23.9 Å². The highest BCUT2D eigenvalue weighted by molar-refractivity contribution is 5.94. The summed E-state index contributed by atoms with van der Waals surface area (Å²) in [5, 5.41) is 0. The molecule has 0 fully saturated rings. The van der Waals surface area contributed by atoms with Gasteiger partial charge in [-0.3, -0.25) is 0 Å². The van der Waals surface area contributed by atoms with Crippen LogP contribution >= 0.6 is 0 Å². The van der Waals surface area contributed by atoms with Gasteiger partial charge in [0.15, 0.2) is 0 Å². The molecule has 0 aromatic heterocycles. The first kappa shape index (κ1) is 51.6. The van der Waals surface area contributed by atoms with Gasteiger partial charge in [0.25, 0.3) is 0 Å². The van der Waals surface area contributed by atoms with Crippen LogP contribution in [0, 0.1) is 11.6 Å². The van der Waals surface area contributed by atoms with Crippen LogP contribution in [0.25, 0.3) is 0 Å². The van der Waals surface area contributed by atoms with Gasteiger partial charge in [0.1, 0.15) is 40.4 Å². The summed E-state index contributed by atoms with van der Waals surface area (Å²) in [6.07, 6.45) is 22.9. The van der Waals surface area contributed by atoms with Crippen LogP contribution in [0.4, 0.5) is 8.78 Å². The number of carbonyl (C=O) groups is 4. The summed E-state index contributed by atoms with van der Waals surface area (Å²) in [5.41, 5.74) is 0.925. The molecule has 0 radical (unpaired) electrons. The van der Waals surface area contributed by atoms with E-state index in [1.807, 2.05) is 12.1 Å². The van der Waals surface area contributed by atoms with Gasteiger partial charge in [0, 0.05) is 18.2 Å². The Morgan fingerprint density at radius 2 is 0.776 bits per heavy atom. The number of halogens is 2. The number of ether oxygens (including phenoxy) is 5. The first-order valence-corrected chi connectivity index (χ1v) is 24.0. The summed E-state index contributed by atoms with van der Waals surface area (Å²) in [7, 11) is 0. The predicted molar refractivity (Wildman–Crippen MR) is 256 cm³/mol. The van der Waals surface area contributed by atoms with Crippen molar-refractivity contribution in [2.45, 2.75) is 136 Å². The molecular weight excluding hydrogens is 855 g/mol. The smallest absolute Gasteiger partial charge is 0.346 e. The highest BCUT2D eigenvalue weighted by atomic mass is 19.1. The lowest BCUT2D eigenvalue weighted by Crippen LogP contribution is -2.13. The largest absolute Gasteiger partial charge is 0.493 e. The fourth-order valence-corrected chi connectivity index (χ4v) is 7.44. The second kappa shape index (κ2) is 28.6. The number of aryl methyl sites for hydroxylation is 1. The molecule has 0 amide bonds. The SMILES string of the molecule is CCCCCCCCCCCCc1ccc(C(=O)Oc2ccc(C(=O)Oc3cccc(OC(=O)c4ccc(OC(=O)c5ccc(OCCCCCCCCCC)cc5F)cc4F)c3)cc2)cc1. The van der Waals surface area contributed by atoms with Gasteiger partial charge in [0.2, 0.25) is 0 Å². The van der Waals surface area contributed by atoms with Gasteiger partial charge in [-0.05, 0) is 97.6 Å². The topological polar surface area (TPSA) is 114 Å². The molecule has 5 aromatic carbocycles. The van der Waals surface area contributed by atoms with Gasteiger partial charge in [-0.1, -0.05) is 135 Å². The van der Waals surface area contributed by atoms with Crippen LogP contribution in [0.5, 0.6) is 28.7 Å². The fraction of sp³-hybridized carbons (Fsp3) is 0.393. The molecular formula is C56H64F2O9. The molecule has 5 aromatic rings. The number of hydrogen-bond donors (Lipinski definition) is 0. The average Bonchev–Trinajstić information content (AvgIpc) is 3.32. The van der Waals surface area contributed by atoms with E-state index in [0.717, 1.165) is 50.3 Å². The van der Waals surface area contributed by atoms with E-state index in [4.69, 9.17) is 23.7 Å². The van der Waals surface area contributed by atoms with Gasteiger partial charge < -0.3 is 23.7 Å². The van der Waals surface area contributed by atoms with Gasteiger partial charge in [-0.15, -0.1) is 0 Å². The lowest BCUT2D eigenvalue weighted by molar-refractivity contribution is 0.0719. The molecule has 0 aliphatic heterocycles. The van der Waals surface area contributed by atoms with Gasteiger partial charge >= 0.3 is 23.9 Å². The highest BCUT2D eigenvalue weighted by Crippen LogP contribution is 2.26.